The summed E-state index contributed by atoms with van der Waals surface area (Å²) in [7, 11) is 0. The van der Waals surface area contributed by atoms with Crippen LogP contribution in [0.25, 0.3) is 0 Å². The van der Waals surface area contributed by atoms with Crippen molar-refractivity contribution in [1.29, 1.82) is 0 Å². The number of hydrogen-bond donors (Lipinski definition) is 1. The minimum atomic E-state index is 0.117. The number of aryl methyl sites for hydroxylation is 1. The van der Waals surface area contributed by atoms with Crippen LogP contribution in [0, 0.1) is 6.92 Å². The Hall–Kier alpha value is -1.54. The molecule has 1 aromatic carbocycles. The van der Waals surface area contributed by atoms with Gasteiger partial charge in [0, 0.05) is 12.3 Å². The molecule has 1 heterocycles. The summed E-state index contributed by atoms with van der Waals surface area (Å²) in [5.41, 5.74) is 2.39. The minimum absolute atomic E-state index is 0.117. The Labute approximate surface area is 95.5 Å². The highest BCUT2D eigenvalue weighted by Crippen LogP contribution is 2.21. The highest BCUT2D eigenvalue weighted by atomic mass is 16.3. The molecule has 1 aromatic heterocycles. The van der Waals surface area contributed by atoms with Crippen LogP contribution in [0.2, 0.25) is 0 Å². The van der Waals surface area contributed by atoms with Crippen LogP contribution in [0.5, 0.6) is 0 Å². The Morgan fingerprint density at radius 1 is 1.19 bits per heavy atom. The number of aliphatic hydroxyl groups is 1. The number of hydrogen-bond acceptors (Lipinski definition) is 2. The zero-order valence-electron chi connectivity index (χ0n) is 9.39. The molecule has 2 heteroatoms. The van der Waals surface area contributed by atoms with Gasteiger partial charge in [-0.2, -0.15) is 0 Å². The van der Waals surface area contributed by atoms with E-state index in [0.717, 1.165) is 17.7 Å². The summed E-state index contributed by atoms with van der Waals surface area (Å²) < 4.78 is 5.30. The van der Waals surface area contributed by atoms with E-state index in [1.807, 2.05) is 12.1 Å². The molecule has 84 valence electrons. The van der Waals surface area contributed by atoms with Gasteiger partial charge in [0.1, 0.15) is 5.76 Å². The predicted octanol–water partition coefficient (Wildman–Crippen LogP) is 2.91. The van der Waals surface area contributed by atoms with Crippen LogP contribution >= 0.6 is 0 Å². The molecule has 0 bridgehead atoms. The molecule has 0 aliphatic carbocycles. The van der Waals surface area contributed by atoms with Crippen LogP contribution in [0.3, 0.4) is 0 Å². The highest BCUT2D eigenvalue weighted by molar-refractivity contribution is 5.25. The molecule has 0 amide bonds. The van der Waals surface area contributed by atoms with Crippen LogP contribution in [0.4, 0.5) is 0 Å². The second-order valence-corrected chi connectivity index (χ2v) is 4.07. The molecule has 2 rings (SSSR count). The second kappa shape index (κ2) is 4.99. The first-order valence-corrected chi connectivity index (χ1v) is 5.49. The molecule has 16 heavy (non-hydrogen) atoms. The summed E-state index contributed by atoms with van der Waals surface area (Å²) >= 11 is 0. The van der Waals surface area contributed by atoms with Crippen molar-refractivity contribution in [2.45, 2.75) is 19.3 Å². The lowest BCUT2D eigenvalue weighted by Gasteiger charge is -2.13. The Morgan fingerprint density at radius 2 is 1.94 bits per heavy atom. The fourth-order valence-electron chi connectivity index (χ4n) is 1.80. The number of rotatable bonds is 4. The summed E-state index contributed by atoms with van der Waals surface area (Å²) in [4.78, 5) is 0. The van der Waals surface area contributed by atoms with Gasteiger partial charge in [0.2, 0.25) is 0 Å². The molecule has 0 aliphatic heterocycles. The summed E-state index contributed by atoms with van der Waals surface area (Å²) in [6.45, 7) is 2.20. The van der Waals surface area contributed by atoms with Gasteiger partial charge >= 0.3 is 0 Å². The minimum Gasteiger partial charge on any atom is -0.469 e. The van der Waals surface area contributed by atoms with Gasteiger partial charge in [0.15, 0.2) is 0 Å². The van der Waals surface area contributed by atoms with Crippen molar-refractivity contribution >= 4 is 0 Å². The van der Waals surface area contributed by atoms with Crippen LogP contribution in [-0.4, -0.2) is 11.7 Å². The molecule has 0 aliphatic rings. The topological polar surface area (TPSA) is 33.4 Å². The van der Waals surface area contributed by atoms with Crippen LogP contribution in [0.15, 0.2) is 47.1 Å². The average Bonchev–Trinajstić information content (AvgIpc) is 2.80. The molecule has 1 N–H and O–H groups in total. The van der Waals surface area contributed by atoms with Crippen molar-refractivity contribution in [1.82, 2.24) is 0 Å². The lowest BCUT2D eigenvalue weighted by Crippen LogP contribution is -2.07. The molecule has 2 aromatic rings. The van der Waals surface area contributed by atoms with Crippen LogP contribution in [-0.2, 0) is 6.42 Å². The quantitative estimate of drug-likeness (QED) is 0.852. The Morgan fingerprint density at radius 3 is 2.50 bits per heavy atom. The Balaban J connectivity index is 2.13. The maximum absolute atomic E-state index is 9.41. The lowest BCUT2D eigenvalue weighted by molar-refractivity contribution is 0.259. The number of aliphatic hydroxyl groups excluding tert-OH is 1. The van der Waals surface area contributed by atoms with E-state index >= 15 is 0 Å². The van der Waals surface area contributed by atoms with Gasteiger partial charge in [-0.3, -0.25) is 0 Å². The fraction of sp³-hybridized carbons (Fsp3) is 0.286. The summed E-state index contributed by atoms with van der Waals surface area (Å²) in [6, 6.07) is 12.1. The molecule has 0 fully saturated rings. The van der Waals surface area contributed by atoms with Gasteiger partial charge in [0.25, 0.3) is 0 Å². The molecule has 0 saturated heterocycles. The molecule has 0 saturated carbocycles. The molecule has 2 nitrogen and oxygen atoms in total. The third-order valence-electron chi connectivity index (χ3n) is 2.80. The lowest BCUT2D eigenvalue weighted by atomic mass is 9.95. The maximum atomic E-state index is 9.41. The third kappa shape index (κ3) is 2.52. The summed E-state index contributed by atoms with van der Waals surface area (Å²) in [5.74, 6) is 1.03. The van der Waals surface area contributed by atoms with Crippen molar-refractivity contribution < 1.29 is 9.52 Å². The fourth-order valence-corrected chi connectivity index (χ4v) is 1.80. The van der Waals surface area contributed by atoms with Gasteiger partial charge in [0.05, 0.1) is 12.9 Å². The van der Waals surface area contributed by atoms with Crippen LogP contribution < -0.4 is 0 Å². The van der Waals surface area contributed by atoms with Crippen molar-refractivity contribution in [3.8, 4) is 0 Å². The van der Waals surface area contributed by atoms with Crippen LogP contribution in [0.1, 0.15) is 22.8 Å². The first-order chi connectivity index (χ1) is 7.79. The van der Waals surface area contributed by atoms with Gasteiger partial charge in [-0.1, -0.05) is 29.8 Å². The third-order valence-corrected chi connectivity index (χ3v) is 2.80. The van der Waals surface area contributed by atoms with E-state index in [4.69, 9.17) is 4.42 Å². The monoisotopic (exact) mass is 216 g/mol. The largest absolute Gasteiger partial charge is 0.469 e. The standard InChI is InChI=1S/C14H16O2/c1-11-4-6-12(7-5-11)13(10-15)9-14-3-2-8-16-14/h2-8,13,15H,9-10H2,1H3. The van der Waals surface area contributed by atoms with Crippen molar-refractivity contribution in [2.24, 2.45) is 0 Å². The van der Waals surface area contributed by atoms with E-state index in [1.165, 1.54) is 5.56 Å². The van der Waals surface area contributed by atoms with E-state index in [9.17, 15) is 5.11 Å². The number of furan rings is 1. The maximum Gasteiger partial charge on any atom is 0.104 e. The zero-order chi connectivity index (χ0) is 11.4. The molecule has 0 spiro atoms. The first-order valence-electron chi connectivity index (χ1n) is 5.49. The molecule has 0 radical (unpaired) electrons. The zero-order valence-corrected chi connectivity index (χ0v) is 9.39. The molecule has 1 atom stereocenters. The number of benzene rings is 1. The molecule has 1 unspecified atom stereocenters. The smallest absolute Gasteiger partial charge is 0.104 e. The van der Waals surface area contributed by atoms with E-state index in [0.29, 0.717) is 0 Å². The van der Waals surface area contributed by atoms with Crippen molar-refractivity contribution in [3.05, 3.63) is 59.5 Å². The molecular weight excluding hydrogens is 200 g/mol. The second-order valence-electron chi connectivity index (χ2n) is 4.07. The highest BCUT2D eigenvalue weighted by Gasteiger charge is 2.12. The van der Waals surface area contributed by atoms with E-state index in [2.05, 4.69) is 31.2 Å². The van der Waals surface area contributed by atoms with Gasteiger partial charge in [-0.05, 0) is 24.6 Å². The van der Waals surface area contributed by atoms with Crippen molar-refractivity contribution in [2.75, 3.05) is 6.61 Å². The Kier molecular flexibility index (Phi) is 3.42. The van der Waals surface area contributed by atoms with Gasteiger partial charge < -0.3 is 9.52 Å². The Bertz CT molecular complexity index is 415. The van der Waals surface area contributed by atoms with E-state index < -0.39 is 0 Å². The van der Waals surface area contributed by atoms with E-state index in [1.54, 1.807) is 6.26 Å². The average molecular weight is 216 g/mol. The normalized spacial score (nSPS) is 12.6. The SMILES string of the molecule is Cc1ccc(C(CO)Cc2ccco2)cc1. The predicted molar refractivity (Wildman–Crippen MR) is 63.4 cm³/mol. The summed E-state index contributed by atoms with van der Waals surface area (Å²) in [6.07, 6.45) is 2.41. The first kappa shape index (κ1) is 11.0. The van der Waals surface area contributed by atoms with Gasteiger partial charge in [-0.15, -0.1) is 0 Å². The molecular formula is C14H16O2. The van der Waals surface area contributed by atoms with E-state index in [-0.39, 0.29) is 12.5 Å². The van der Waals surface area contributed by atoms with Gasteiger partial charge in [-0.25, -0.2) is 0 Å². The summed E-state index contributed by atoms with van der Waals surface area (Å²) in [5, 5.41) is 9.41. The van der Waals surface area contributed by atoms with Crippen molar-refractivity contribution in [3.63, 3.8) is 0 Å².